The van der Waals surface area contributed by atoms with Gasteiger partial charge < -0.3 is 14.9 Å². The third kappa shape index (κ3) is 1.48. The smallest absolute Gasteiger partial charge is 0.307 e. The van der Waals surface area contributed by atoms with Crippen LogP contribution in [0.3, 0.4) is 0 Å². The number of carboxylic acids is 1. The summed E-state index contributed by atoms with van der Waals surface area (Å²) >= 11 is 0. The van der Waals surface area contributed by atoms with Crippen LogP contribution in [0.2, 0.25) is 0 Å². The summed E-state index contributed by atoms with van der Waals surface area (Å²) in [7, 11) is 0. The van der Waals surface area contributed by atoms with Crippen LogP contribution in [0.15, 0.2) is 12.2 Å². The minimum Gasteiger partial charge on any atom is -0.481 e. The highest BCUT2D eigenvalue weighted by Crippen LogP contribution is 2.79. The number of aliphatic hydroxyl groups is 1. The van der Waals surface area contributed by atoms with Gasteiger partial charge in [0.2, 0.25) is 0 Å². The molecule has 1 unspecified atom stereocenters. The van der Waals surface area contributed by atoms with Crippen LogP contribution in [0.5, 0.6) is 0 Å². The van der Waals surface area contributed by atoms with Gasteiger partial charge in [-0.1, -0.05) is 25.5 Å². The highest BCUT2D eigenvalue weighted by molar-refractivity contribution is 5.73. The number of allylic oxidation sites excluding steroid dienone is 1. The van der Waals surface area contributed by atoms with Crippen molar-refractivity contribution in [1.29, 1.82) is 0 Å². The third-order valence-electron chi connectivity index (χ3n) is 8.84. The Bertz CT molecular complexity index is 629. The zero-order valence-electron chi connectivity index (χ0n) is 14.5. The van der Waals surface area contributed by atoms with Crippen molar-refractivity contribution in [3.8, 4) is 0 Å². The number of aliphatic hydroxyl groups excluding tert-OH is 1. The molecule has 8 atom stereocenters. The summed E-state index contributed by atoms with van der Waals surface area (Å²) in [6.45, 7) is 7.00. The molecule has 0 amide bonds. The van der Waals surface area contributed by atoms with E-state index in [4.69, 9.17) is 4.74 Å². The second kappa shape index (κ2) is 4.45. The number of rotatable bonds is 1. The first-order valence-corrected chi connectivity index (χ1v) is 9.55. The fourth-order valence-corrected chi connectivity index (χ4v) is 8.34. The monoisotopic (exact) mass is 332 g/mol. The number of ether oxygens (including phenoxy) is 1. The lowest BCUT2D eigenvalue weighted by atomic mass is 9.51. The fraction of sp³-hybridized carbons (Fsp3) is 0.850. The Morgan fingerprint density at radius 2 is 2.12 bits per heavy atom. The van der Waals surface area contributed by atoms with E-state index in [2.05, 4.69) is 13.5 Å². The van der Waals surface area contributed by atoms with Gasteiger partial charge in [-0.2, -0.15) is 0 Å². The lowest BCUT2D eigenvalue weighted by Crippen LogP contribution is -2.60. The van der Waals surface area contributed by atoms with Crippen molar-refractivity contribution in [3.05, 3.63) is 12.2 Å². The van der Waals surface area contributed by atoms with Gasteiger partial charge in [0.15, 0.2) is 6.29 Å². The average molecular weight is 332 g/mol. The molecular weight excluding hydrogens is 304 g/mol. The van der Waals surface area contributed by atoms with Crippen molar-refractivity contribution in [2.75, 3.05) is 6.61 Å². The molecule has 1 heterocycles. The minimum absolute atomic E-state index is 0.0367. The molecule has 24 heavy (non-hydrogen) atoms. The predicted octanol–water partition coefficient (Wildman–Crippen LogP) is 3.20. The van der Waals surface area contributed by atoms with E-state index in [1.165, 1.54) is 5.57 Å². The van der Waals surface area contributed by atoms with E-state index in [-0.39, 0.29) is 34.0 Å². The standard InChI is InChI=1S/C20H28O4/c1-11-8-19-9-12(11)4-5-13(19)20-7-3-6-18(2,10-24-17(20)23)15(20)14(19)16(21)22/h12-15,17,23H,1,3-10H2,2H3,(H,21,22)/t12-,13-,14-,15-,17?,18+,19+,20-/m1/s1. The van der Waals surface area contributed by atoms with E-state index < -0.39 is 12.3 Å². The fourth-order valence-electron chi connectivity index (χ4n) is 8.34. The summed E-state index contributed by atoms with van der Waals surface area (Å²) in [6.07, 6.45) is 6.17. The van der Waals surface area contributed by atoms with Crippen LogP contribution >= 0.6 is 0 Å². The molecule has 4 nitrogen and oxygen atoms in total. The number of hydrogen-bond acceptors (Lipinski definition) is 3. The molecule has 0 aromatic carbocycles. The number of carboxylic acid groups (broad SMARTS) is 1. The highest BCUT2D eigenvalue weighted by atomic mass is 16.6. The van der Waals surface area contributed by atoms with Gasteiger partial charge in [-0.05, 0) is 67.1 Å². The Kier molecular flexibility index (Phi) is 2.85. The first-order valence-electron chi connectivity index (χ1n) is 9.55. The van der Waals surface area contributed by atoms with Crippen LogP contribution in [-0.4, -0.2) is 29.1 Å². The largest absolute Gasteiger partial charge is 0.481 e. The maximum atomic E-state index is 12.5. The van der Waals surface area contributed by atoms with Crippen molar-refractivity contribution in [2.24, 2.45) is 39.9 Å². The van der Waals surface area contributed by atoms with E-state index in [1.807, 2.05) is 0 Å². The van der Waals surface area contributed by atoms with Crippen molar-refractivity contribution < 1.29 is 19.7 Å². The second-order valence-corrected chi connectivity index (χ2v) is 9.68. The Labute approximate surface area is 143 Å². The molecule has 4 aliphatic carbocycles. The molecule has 4 saturated carbocycles. The number of carbonyl (C=O) groups is 1. The van der Waals surface area contributed by atoms with Crippen LogP contribution < -0.4 is 0 Å². The molecule has 0 aromatic heterocycles. The first-order chi connectivity index (χ1) is 11.4. The van der Waals surface area contributed by atoms with Crippen LogP contribution in [0.25, 0.3) is 0 Å². The maximum Gasteiger partial charge on any atom is 0.307 e. The van der Waals surface area contributed by atoms with Crippen LogP contribution in [-0.2, 0) is 9.53 Å². The minimum atomic E-state index is -0.799. The van der Waals surface area contributed by atoms with Gasteiger partial charge in [0.1, 0.15) is 0 Å². The van der Waals surface area contributed by atoms with Gasteiger partial charge in [0.05, 0.1) is 12.5 Å². The molecule has 4 bridgehead atoms. The Balaban J connectivity index is 1.76. The first kappa shape index (κ1) is 15.4. The molecule has 2 N–H and O–H groups in total. The Hall–Kier alpha value is -0.870. The number of aliphatic carboxylic acids is 1. The van der Waals surface area contributed by atoms with Crippen molar-refractivity contribution in [3.63, 3.8) is 0 Å². The summed E-state index contributed by atoms with van der Waals surface area (Å²) in [6, 6.07) is 0. The van der Waals surface area contributed by atoms with E-state index in [0.29, 0.717) is 12.5 Å². The summed E-state index contributed by atoms with van der Waals surface area (Å²) in [5, 5.41) is 21.3. The summed E-state index contributed by atoms with van der Waals surface area (Å²) < 4.78 is 5.90. The van der Waals surface area contributed by atoms with Gasteiger partial charge in [-0.25, -0.2) is 0 Å². The molecule has 1 saturated heterocycles. The van der Waals surface area contributed by atoms with Gasteiger partial charge in [0, 0.05) is 5.41 Å². The van der Waals surface area contributed by atoms with Crippen LogP contribution in [0.1, 0.15) is 51.9 Å². The van der Waals surface area contributed by atoms with Gasteiger partial charge in [-0.15, -0.1) is 0 Å². The number of hydrogen-bond donors (Lipinski definition) is 2. The molecule has 132 valence electrons. The molecule has 5 fully saturated rings. The van der Waals surface area contributed by atoms with Gasteiger partial charge in [-0.3, -0.25) is 4.79 Å². The molecule has 0 radical (unpaired) electrons. The number of fused-ring (bicyclic) bond motifs is 1. The third-order valence-corrected chi connectivity index (χ3v) is 8.84. The van der Waals surface area contributed by atoms with E-state index in [0.717, 1.165) is 44.9 Å². The molecule has 5 aliphatic rings. The van der Waals surface area contributed by atoms with Gasteiger partial charge in [0.25, 0.3) is 0 Å². The summed E-state index contributed by atoms with van der Waals surface area (Å²) in [4.78, 5) is 12.5. The zero-order chi connectivity index (χ0) is 16.9. The van der Waals surface area contributed by atoms with Crippen LogP contribution in [0.4, 0.5) is 0 Å². The molecule has 1 aliphatic heterocycles. The lowest BCUT2D eigenvalue weighted by Gasteiger charge is -2.59. The Morgan fingerprint density at radius 3 is 2.88 bits per heavy atom. The average Bonchev–Trinajstić information content (AvgIpc) is 2.94. The SMILES string of the molecule is C=C1C[C@]23C[C@H]1CC[C@H]2[C@@]12CCC[C@@](C)(COC1O)[C@H]2[C@@H]3C(=O)O. The topological polar surface area (TPSA) is 66.8 Å². The molecule has 4 heteroatoms. The van der Waals surface area contributed by atoms with Crippen molar-refractivity contribution in [1.82, 2.24) is 0 Å². The normalized spacial score (nSPS) is 58.2. The van der Waals surface area contributed by atoms with E-state index in [1.54, 1.807) is 0 Å². The van der Waals surface area contributed by atoms with E-state index in [9.17, 15) is 15.0 Å². The van der Waals surface area contributed by atoms with Gasteiger partial charge >= 0.3 is 5.97 Å². The predicted molar refractivity (Wildman–Crippen MR) is 88.0 cm³/mol. The second-order valence-electron chi connectivity index (χ2n) is 9.68. The van der Waals surface area contributed by atoms with Crippen molar-refractivity contribution in [2.45, 2.75) is 58.2 Å². The summed E-state index contributed by atoms with van der Waals surface area (Å²) in [5.41, 5.74) is 0.584. The van der Waals surface area contributed by atoms with Crippen LogP contribution in [0, 0.1) is 39.9 Å². The van der Waals surface area contributed by atoms with Crippen molar-refractivity contribution >= 4 is 5.97 Å². The quantitative estimate of drug-likeness (QED) is 0.724. The molecular formula is C20H28O4. The molecule has 0 aromatic rings. The Morgan fingerprint density at radius 1 is 1.33 bits per heavy atom. The van der Waals surface area contributed by atoms with E-state index >= 15 is 0 Å². The lowest BCUT2D eigenvalue weighted by molar-refractivity contribution is -0.293. The maximum absolute atomic E-state index is 12.5. The molecule has 1 spiro atoms. The zero-order valence-corrected chi connectivity index (χ0v) is 14.5. The summed E-state index contributed by atoms with van der Waals surface area (Å²) in [5.74, 6) is -0.209. The highest BCUT2D eigenvalue weighted by Gasteiger charge is 2.78. The molecule has 5 rings (SSSR count).